The summed E-state index contributed by atoms with van der Waals surface area (Å²) in [7, 11) is 3.60. The van der Waals surface area contributed by atoms with Crippen molar-refractivity contribution in [2.75, 3.05) is 14.1 Å². The highest BCUT2D eigenvalue weighted by molar-refractivity contribution is 7.97. The van der Waals surface area contributed by atoms with Crippen LogP contribution in [-0.2, 0) is 11.2 Å². The maximum absolute atomic E-state index is 12.2. The van der Waals surface area contributed by atoms with Gasteiger partial charge in [0, 0.05) is 31.1 Å². The van der Waals surface area contributed by atoms with E-state index in [1.807, 2.05) is 30.3 Å². The van der Waals surface area contributed by atoms with Gasteiger partial charge in [-0.3, -0.25) is 4.79 Å². The molecule has 0 aromatic heterocycles. The lowest BCUT2D eigenvalue weighted by atomic mass is 10.1. The van der Waals surface area contributed by atoms with Crippen LogP contribution in [0.5, 0.6) is 0 Å². The minimum Gasteiger partial charge on any atom is -0.366 e. The quantitative estimate of drug-likeness (QED) is 0.283. The molecule has 2 rings (SSSR count). The number of hydrogen-bond acceptors (Lipinski definition) is 4. The van der Waals surface area contributed by atoms with Gasteiger partial charge in [-0.1, -0.05) is 18.2 Å². The second-order valence-electron chi connectivity index (χ2n) is 4.81. The van der Waals surface area contributed by atoms with Crippen molar-refractivity contribution in [1.29, 1.82) is 5.26 Å². The zero-order valence-electron chi connectivity index (χ0n) is 12.2. The molecule has 0 bridgehead atoms. The number of allylic oxidation sites excluding steroid dienone is 1. The third-order valence-electron chi connectivity index (χ3n) is 3.16. The smallest absolute Gasteiger partial charge is 0.291 e. The van der Waals surface area contributed by atoms with Crippen LogP contribution in [0.25, 0.3) is 0 Å². The van der Waals surface area contributed by atoms with Gasteiger partial charge in [-0.2, -0.15) is 10.3 Å². The maximum atomic E-state index is 12.2. The normalized spacial score (nSPS) is 16.4. The third kappa shape index (κ3) is 3.44. The van der Waals surface area contributed by atoms with E-state index in [1.165, 1.54) is 11.9 Å². The zero-order chi connectivity index (χ0) is 15.4. The first-order chi connectivity index (χ1) is 10.0. The summed E-state index contributed by atoms with van der Waals surface area (Å²) < 4.78 is 3.08. The average Bonchev–Trinajstić information content (AvgIpc) is 2.47. The largest absolute Gasteiger partial charge is 0.366 e. The molecule has 1 aromatic carbocycles. The van der Waals surface area contributed by atoms with Crippen LogP contribution in [0.2, 0.25) is 0 Å². The molecule has 0 spiro atoms. The Morgan fingerprint density at radius 2 is 2.14 bits per heavy atom. The predicted molar refractivity (Wildman–Crippen MR) is 83.6 cm³/mol. The summed E-state index contributed by atoms with van der Waals surface area (Å²) in [4.78, 5) is 19.0. The molecule has 0 saturated heterocycles. The molecular weight excluding hydrogens is 284 g/mol. The van der Waals surface area contributed by atoms with Gasteiger partial charge in [0.1, 0.15) is 17.5 Å². The molecule has 0 aliphatic carbocycles. The number of nitrogens with one attached hydrogen (secondary N) is 1. The van der Waals surface area contributed by atoms with Gasteiger partial charge >= 0.3 is 0 Å². The third-order valence-corrected chi connectivity index (χ3v) is 4.13. The number of nitriles is 1. The predicted octanol–water partition coefficient (Wildman–Crippen LogP) is 2.12. The molecule has 21 heavy (non-hydrogen) atoms. The molecule has 1 heterocycles. The Balaban J connectivity index is 2.32. The van der Waals surface area contributed by atoms with E-state index in [1.54, 1.807) is 25.9 Å². The number of rotatable bonds is 1. The highest BCUT2D eigenvalue weighted by Gasteiger charge is 2.20. The monoisotopic (exact) mass is 300 g/mol. The Kier molecular flexibility index (Phi) is 4.66. The molecule has 1 amide bonds. The fourth-order valence-corrected chi connectivity index (χ4v) is 2.60. The molecule has 1 N–H and O–H groups in total. The van der Waals surface area contributed by atoms with Gasteiger partial charge in [-0.15, -0.1) is 0 Å². The summed E-state index contributed by atoms with van der Waals surface area (Å²) in [5, 5.41) is 9.29. The van der Waals surface area contributed by atoms with E-state index in [0.29, 0.717) is 18.0 Å². The van der Waals surface area contributed by atoms with Crippen LogP contribution in [0.15, 0.2) is 45.4 Å². The SMILES string of the molecule is C/C(=N/C(=O)/C(C#N)=C1\Cc2ccccc2SN1)N(C)C. The van der Waals surface area contributed by atoms with Crippen molar-refractivity contribution in [3.63, 3.8) is 0 Å². The van der Waals surface area contributed by atoms with E-state index in [2.05, 4.69) is 9.71 Å². The van der Waals surface area contributed by atoms with Gasteiger partial charge in [-0.25, -0.2) is 0 Å². The van der Waals surface area contributed by atoms with Gasteiger partial charge < -0.3 is 9.62 Å². The van der Waals surface area contributed by atoms with E-state index in [9.17, 15) is 10.1 Å². The van der Waals surface area contributed by atoms with Crippen LogP contribution < -0.4 is 4.72 Å². The summed E-state index contributed by atoms with van der Waals surface area (Å²) in [5.74, 6) is 0.0587. The first-order valence-electron chi connectivity index (χ1n) is 6.44. The molecule has 0 fully saturated rings. The molecule has 5 nitrogen and oxygen atoms in total. The van der Waals surface area contributed by atoms with Crippen molar-refractivity contribution < 1.29 is 4.79 Å². The Morgan fingerprint density at radius 1 is 1.43 bits per heavy atom. The van der Waals surface area contributed by atoms with Gasteiger partial charge in [0.05, 0.1) is 0 Å². The summed E-state index contributed by atoms with van der Waals surface area (Å²) in [5.41, 5.74) is 1.78. The van der Waals surface area contributed by atoms with E-state index < -0.39 is 5.91 Å². The Bertz CT molecular complexity index is 670. The minimum absolute atomic E-state index is 0.0678. The van der Waals surface area contributed by atoms with Crippen molar-refractivity contribution >= 4 is 23.7 Å². The van der Waals surface area contributed by atoms with Crippen LogP contribution in [0.4, 0.5) is 0 Å². The lowest BCUT2D eigenvalue weighted by Gasteiger charge is -2.20. The van der Waals surface area contributed by atoms with E-state index in [4.69, 9.17) is 0 Å². The molecular formula is C15H16N4OS. The first-order valence-corrected chi connectivity index (χ1v) is 7.25. The standard InChI is InChI=1S/C15H16N4OS/c1-10(19(2)3)17-15(20)12(9-16)13-8-11-6-4-5-7-14(11)21-18-13/h4-7,18H,8H2,1-3H3/b13-12+,17-10-. The number of amidine groups is 1. The number of amides is 1. The first kappa shape index (κ1) is 15.1. The topological polar surface area (TPSA) is 68.5 Å². The number of aliphatic imine (C=N–C) groups is 1. The highest BCUT2D eigenvalue weighted by Crippen LogP contribution is 2.29. The molecule has 108 valence electrons. The highest BCUT2D eigenvalue weighted by atomic mass is 32.2. The second-order valence-corrected chi connectivity index (χ2v) is 5.66. The van der Waals surface area contributed by atoms with Gasteiger partial charge in [-0.05, 0) is 30.5 Å². The molecule has 1 aliphatic heterocycles. The average molecular weight is 300 g/mol. The van der Waals surface area contributed by atoms with Crippen LogP contribution in [0.1, 0.15) is 12.5 Å². The van der Waals surface area contributed by atoms with Crippen LogP contribution in [0, 0.1) is 11.3 Å². The lowest BCUT2D eigenvalue weighted by molar-refractivity contribution is -0.114. The fourth-order valence-electron chi connectivity index (χ4n) is 1.78. The van der Waals surface area contributed by atoms with E-state index >= 15 is 0 Å². The van der Waals surface area contributed by atoms with Crippen molar-refractivity contribution in [3.05, 3.63) is 41.1 Å². The Labute approximate surface area is 128 Å². The number of carbonyl (C=O) groups is 1. The number of nitrogens with zero attached hydrogens (tertiary/aromatic N) is 3. The summed E-state index contributed by atoms with van der Waals surface area (Å²) >= 11 is 1.41. The number of fused-ring (bicyclic) bond motifs is 1. The molecule has 0 saturated carbocycles. The van der Waals surface area contributed by atoms with Crippen molar-refractivity contribution in [2.24, 2.45) is 4.99 Å². The van der Waals surface area contributed by atoms with Crippen molar-refractivity contribution in [1.82, 2.24) is 9.62 Å². The summed E-state index contributed by atoms with van der Waals surface area (Å²) in [6, 6.07) is 9.89. The Morgan fingerprint density at radius 3 is 2.81 bits per heavy atom. The van der Waals surface area contributed by atoms with Crippen LogP contribution >= 0.6 is 11.9 Å². The summed E-state index contributed by atoms with van der Waals surface area (Å²) in [6.07, 6.45) is 0.536. The summed E-state index contributed by atoms with van der Waals surface area (Å²) in [6.45, 7) is 1.73. The molecule has 1 aliphatic rings. The Hall–Kier alpha value is -2.26. The van der Waals surface area contributed by atoms with Gasteiger partial charge in [0.15, 0.2) is 0 Å². The number of benzene rings is 1. The van der Waals surface area contributed by atoms with Crippen molar-refractivity contribution in [2.45, 2.75) is 18.2 Å². The fraction of sp³-hybridized carbons (Fsp3) is 0.267. The molecule has 0 radical (unpaired) electrons. The molecule has 6 heteroatoms. The maximum Gasteiger partial charge on any atom is 0.291 e. The molecule has 0 unspecified atom stereocenters. The zero-order valence-corrected chi connectivity index (χ0v) is 13.0. The molecule has 1 aromatic rings. The number of carbonyl (C=O) groups excluding carboxylic acids is 1. The minimum atomic E-state index is -0.508. The van der Waals surface area contributed by atoms with Crippen molar-refractivity contribution in [3.8, 4) is 6.07 Å². The molecule has 0 atom stereocenters. The lowest BCUT2D eigenvalue weighted by Crippen LogP contribution is -2.22. The van der Waals surface area contributed by atoms with E-state index in [-0.39, 0.29) is 5.57 Å². The van der Waals surface area contributed by atoms with Crippen LogP contribution in [0.3, 0.4) is 0 Å². The number of hydrogen-bond donors (Lipinski definition) is 1. The van der Waals surface area contributed by atoms with Gasteiger partial charge in [0.25, 0.3) is 5.91 Å². The second kappa shape index (κ2) is 6.46. The van der Waals surface area contributed by atoms with E-state index in [0.717, 1.165) is 10.5 Å². The van der Waals surface area contributed by atoms with Crippen LogP contribution in [-0.4, -0.2) is 30.7 Å². The van der Waals surface area contributed by atoms with Gasteiger partial charge in [0.2, 0.25) is 0 Å².